The standard InChI is InChI=1S/C15H25FN2O/c1-3-4-5-6-7-8-14(18-17)12-9-10-13(16)15(11-12)19-2/h9-11,14,18H,3-8,17H2,1-2H3. The highest BCUT2D eigenvalue weighted by Crippen LogP contribution is 2.25. The van der Waals surface area contributed by atoms with Crippen LogP contribution < -0.4 is 16.0 Å². The first-order valence-electron chi connectivity index (χ1n) is 7.02. The summed E-state index contributed by atoms with van der Waals surface area (Å²) in [7, 11) is 1.47. The zero-order chi connectivity index (χ0) is 14.1. The first kappa shape index (κ1) is 15.9. The Hall–Kier alpha value is -1.13. The van der Waals surface area contributed by atoms with Crippen molar-refractivity contribution in [1.82, 2.24) is 5.43 Å². The summed E-state index contributed by atoms with van der Waals surface area (Å²) in [6, 6.07) is 4.95. The molecule has 1 atom stereocenters. The zero-order valence-corrected chi connectivity index (χ0v) is 11.9. The second-order valence-electron chi connectivity index (χ2n) is 4.82. The molecule has 0 aromatic heterocycles. The molecule has 4 heteroatoms. The number of hydrazine groups is 1. The molecule has 0 spiro atoms. The second kappa shape index (κ2) is 8.88. The number of hydrogen-bond donors (Lipinski definition) is 2. The number of benzene rings is 1. The SMILES string of the molecule is CCCCCCCC(NN)c1ccc(F)c(OC)c1. The molecular formula is C15H25FN2O. The van der Waals surface area contributed by atoms with Crippen molar-refractivity contribution in [2.24, 2.45) is 5.84 Å². The fourth-order valence-corrected chi connectivity index (χ4v) is 2.19. The van der Waals surface area contributed by atoms with Gasteiger partial charge < -0.3 is 4.74 Å². The van der Waals surface area contributed by atoms with Gasteiger partial charge in [-0.1, -0.05) is 45.1 Å². The molecule has 0 heterocycles. The summed E-state index contributed by atoms with van der Waals surface area (Å²) < 4.78 is 18.3. The van der Waals surface area contributed by atoms with Crippen molar-refractivity contribution in [3.63, 3.8) is 0 Å². The van der Waals surface area contributed by atoms with Crippen LogP contribution in [0.15, 0.2) is 18.2 Å². The smallest absolute Gasteiger partial charge is 0.165 e. The lowest BCUT2D eigenvalue weighted by Gasteiger charge is -2.17. The molecule has 19 heavy (non-hydrogen) atoms. The zero-order valence-electron chi connectivity index (χ0n) is 11.9. The van der Waals surface area contributed by atoms with Crippen molar-refractivity contribution in [2.75, 3.05) is 7.11 Å². The minimum Gasteiger partial charge on any atom is -0.494 e. The second-order valence-corrected chi connectivity index (χ2v) is 4.82. The van der Waals surface area contributed by atoms with Gasteiger partial charge in [0.1, 0.15) is 0 Å². The van der Waals surface area contributed by atoms with Gasteiger partial charge in [-0.3, -0.25) is 11.3 Å². The van der Waals surface area contributed by atoms with E-state index in [0.29, 0.717) is 0 Å². The fourth-order valence-electron chi connectivity index (χ4n) is 2.19. The van der Waals surface area contributed by atoms with E-state index >= 15 is 0 Å². The van der Waals surface area contributed by atoms with Crippen LogP contribution >= 0.6 is 0 Å². The summed E-state index contributed by atoms with van der Waals surface area (Å²) in [5.41, 5.74) is 3.77. The topological polar surface area (TPSA) is 47.3 Å². The minimum atomic E-state index is -0.343. The monoisotopic (exact) mass is 268 g/mol. The van der Waals surface area contributed by atoms with Crippen molar-refractivity contribution < 1.29 is 9.13 Å². The molecule has 0 saturated heterocycles. The van der Waals surface area contributed by atoms with Gasteiger partial charge in [0.2, 0.25) is 0 Å². The Morgan fingerprint density at radius 2 is 2.00 bits per heavy atom. The fraction of sp³-hybridized carbons (Fsp3) is 0.600. The first-order chi connectivity index (χ1) is 9.22. The lowest BCUT2D eigenvalue weighted by molar-refractivity contribution is 0.384. The van der Waals surface area contributed by atoms with Crippen molar-refractivity contribution in [2.45, 2.75) is 51.5 Å². The van der Waals surface area contributed by atoms with E-state index in [4.69, 9.17) is 10.6 Å². The molecule has 0 bridgehead atoms. The average molecular weight is 268 g/mol. The molecule has 0 aliphatic heterocycles. The van der Waals surface area contributed by atoms with Crippen molar-refractivity contribution >= 4 is 0 Å². The average Bonchev–Trinajstić information content (AvgIpc) is 2.44. The van der Waals surface area contributed by atoms with E-state index in [0.717, 1.165) is 18.4 Å². The Bertz CT molecular complexity index is 371. The Kier molecular flexibility index (Phi) is 7.45. The largest absolute Gasteiger partial charge is 0.494 e. The highest BCUT2D eigenvalue weighted by Gasteiger charge is 2.12. The number of methoxy groups -OCH3 is 1. The minimum absolute atomic E-state index is 0.0520. The number of nitrogens with two attached hydrogens (primary N) is 1. The normalized spacial score (nSPS) is 12.4. The van der Waals surface area contributed by atoms with Crippen LogP contribution in [0.25, 0.3) is 0 Å². The lowest BCUT2D eigenvalue weighted by atomic mass is 10.00. The molecule has 108 valence electrons. The van der Waals surface area contributed by atoms with E-state index < -0.39 is 0 Å². The van der Waals surface area contributed by atoms with Gasteiger partial charge in [-0.05, 0) is 24.1 Å². The van der Waals surface area contributed by atoms with Gasteiger partial charge in [0, 0.05) is 6.04 Å². The van der Waals surface area contributed by atoms with Gasteiger partial charge >= 0.3 is 0 Å². The van der Waals surface area contributed by atoms with Crippen LogP contribution in [0, 0.1) is 5.82 Å². The molecule has 3 N–H and O–H groups in total. The summed E-state index contributed by atoms with van der Waals surface area (Å²) in [6.07, 6.45) is 7.08. The summed E-state index contributed by atoms with van der Waals surface area (Å²) in [5.74, 6) is 5.52. The highest BCUT2D eigenvalue weighted by molar-refractivity contribution is 5.32. The van der Waals surface area contributed by atoms with Gasteiger partial charge in [0.05, 0.1) is 7.11 Å². The van der Waals surface area contributed by atoms with Crippen LogP contribution in [-0.4, -0.2) is 7.11 Å². The Labute approximate surface area is 115 Å². The van der Waals surface area contributed by atoms with Gasteiger partial charge in [0.15, 0.2) is 11.6 Å². The number of rotatable bonds is 9. The van der Waals surface area contributed by atoms with Crippen LogP contribution in [-0.2, 0) is 0 Å². The van der Waals surface area contributed by atoms with Gasteiger partial charge in [-0.2, -0.15) is 0 Å². The number of hydrogen-bond acceptors (Lipinski definition) is 3. The van der Waals surface area contributed by atoms with Crippen LogP contribution in [0.3, 0.4) is 0 Å². The Morgan fingerprint density at radius 3 is 2.63 bits per heavy atom. The van der Waals surface area contributed by atoms with E-state index in [1.165, 1.54) is 38.9 Å². The third-order valence-electron chi connectivity index (χ3n) is 3.38. The first-order valence-corrected chi connectivity index (χ1v) is 7.02. The van der Waals surface area contributed by atoms with Gasteiger partial charge in [0.25, 0.3) is 0 Å². The number of halogens is 1. The van der Waals surface area contributed by atoms with E-state index in [9.17, 15) is 4.39 Å². The van der Waals surface area contributed by atoms with Crippen LogP contribution in [0.5, 0.6) is 5.75 Å². The maximum absolute atomic E-state index is 13.4. The summed E-state index contributed by atoms with van der Waals surface area (Å²) in [5, 5.41) is 0. The predicted octanol–water partition coefficient (Wildman–Crippen LogP) is 3.70. The van der Waals surface area contributed by atoms with E-state index in [-0.39, 0.29) is 17.6 Å². The maximum atomic E-state index is 13.4. The molecule has 3 nitrogen and oxygen atoms in total. The molecule has 0 aliphatic carbocycles. The molecule has 1 aromatic rings. The summed E-state index contributed by atoms with van der Waals surface area (Å²) in [4.78, 5) is 0. The molecule has 0 radical (unpaired) electrons. The van der Waals surface area contributed by atoms with Gasteiger partial charge in [-0.25, -0.2) is 4.39 Å². The molecular weight excluding hydrogens is 243 g/mol. The van der Waals surface area contributed by atoms with E-state index in [1.807, 2.05) is 0 Å². The van der Waals surface area contributed by atoms with Crippen LogP contribution in [0.4, 0.5) is 4.39 Å². The van der Waals surface area contributed by atoms with Gasteiger partial charge in [-0.15, -0.1) is 0 Å². The maximum Gasteiger partial charge on any atom is 0.165 e. The molecule has 0 aliphatic rings. The third-order valence-corrected chi connectivity index (χ3v) is 3.38. The van der Waals surface area contributed by atoms with Crippen molar-refractivity contribution in [3.05, 3.63) is 29.6 Å². The summed E-state index contributed by atoms with van der Waals surface area (Å²) >= 11 is 0. The highest BCUT2D eigenvalue weighted by atomic mass is 19.1. The Balaban J connectivity index is 2.54. The molecule has 0 amide bonds. The molecule has 1 rings (SSSR count). The van der Waals surface area contributed by atoms with Crippen molar-refractivity contribution in [3.8, 4) is 5.75 Å². The van der Waals surface area contributed by atoms with Crippen LogP contribution in [0.2, 0.25) is 0 Å². The summed E-state index contributed by atoms with van der Waals surface area (Å²) in [6.45, 7) is 2.20. The number of unbranched alkanes of at least 4 members (excludes halogenated alkanes) is 4. The molecule has 0 saturated carbocycles. The molecule has 1 unspecified atom stereocenters. The third kappa shape index (κ3) is 5.17. The predicted molar refractivity (Wildman–Crippen MR) is 76.4 cm³/mol. The number of ether oxygens (including phenoxy) is 1. The van der Waals surface area contributed by atoms with E-state index in [1.54, 1.807) is 12.1 Å². The quantitative estimate of drug-likeness (QED) is 0.408. The molecule has 0 fully saturated rings. The van der Waals surface area contributed by atoms with Crippen molar-refractivity contribution in [1.29, 1.82) is 0 Å². The lowest BCUT2D eigenvalue weighted by Crippen LogP contribution is -2.28. The van der Waals surface area contributed by atoms with E-state index in [2.05, 4.69) is 12.3 Å². The molecule has 1 aromatic carbocycles. The number of nitrogens with one attached hydrogen (secondary N) is 1. The van der Waals surface area contributed by atoms with Crippen LogP contribution in [0.1, 0.15) is 57.1 Å². The Morgan fingerprint density at radius 1 is 1.26 bits per heavy atom.